The van der Waals surface area contributed by atoms with Crippen LogP contribution >= 0.6 is 0 Å². The van der Waals surface area contributed by atoms with Crippen molar-refractivity contribution in [3.05, 3.63) is 71.9 Å². The van der Waals surface area contributed by atoms with E-state index in [0.717, 1.165) is 24.8 Å². The molecule has 0 aliphatic heterocycles. The highest BCUT2D eigenvalue weighted by Crippen LogP contribution is 2.23. The molecule has 3 aromatic rings. The molecule has 0 spiro atoms. The molecule has 3 rings (SSSR count). The average Bonchev–Trinajstić information content (AvgIpc) is 2.88. The number of hydrogen-bond acceptors (Lipinski definition) is 1. The molecular weight excluding hydrogens is 258 g/mol. The molecule has 1 heterocycles. The van der Waals surface area contributed by atoms with Gasteiger partial charge in [0, 0.05) is 18.5 Å². The van der Waals surface area contributed by atoms with Crippen LogP contribution in [0.2, 0.25) is 0 Å². The highest BCUT2D eigenvalue weighted by molar-refractivity contribution is 5.93. The predicted molar refractivity (Wildman–Crippen MR) is 86.7 cm³/mol. The molecule has 0 aliphatic carbocycles. The fourth-order valence-corrected chi connectivity index (χ4v) is 2.84. The summed E-state index contributed by atoms with van der Waals surface area (Å²) in [6.07, 6.45) is 5.16. The quantitative estimate of drug-likeness (QED) is 0.689. The Balaban J connectivity index is 1.79. The smallest absolute Gasteiger partial charge is 0.227 e. The number of fused-ring (bicyclic) bond motifs is 1. The van der Waals surface area contributed by atoms with Crippen molar-refractivity contribution < 1.29 is 4.79 Å². The number of para-hydroxylation sites is 1. The third-order valence-electron chi connectivity index (χ3n) is 3.89. The summed E-state index contributed by atoms with van der Waals surface area (Å²) in [4.78, 5) is 11.7. The maximum atomic E-state index is 11.7. The Morgan fingerprint density at radius 1 is 0.952 bits per heavy atom. The van der Waals surface area contributed by atoms with Gasteiger partial charge in [0.25, 0.3) is 0 Å². The van der Waals surface area contributed by atoms with Gasteiger partial charge < -0.3 is 0 Å². The van der Waals surface area contributed by atoms with Crippen LogP contribution in [0.4, 0.5) is 0 Å². The van der Waals surface area contributed by atoms with Gasteiger partial charge in [-0.15, -0.1) is 0 Å². The van der Waals surface area contributed by atoms with E-state index in [0.29, 0.717) is 0 Å². The van der Waals surface area contributed by atoms with Crippen molar-refractivity contribution in [2.24, 2.45) is 0 Å². The van der Waals surface area contributed by atoms with Crippen LogP contribution in [-0.4, -0.2) is 10.5 Å². The molecule has 1 aromatic heterocycles. The minimum atomic E-state index is 0.0699. The number of hydrogen-bond donors (Lipinski definition) is 0. The summed E-state index contributed by atoms with van der Waals surface area (Å²) in [5.41, 5.74) is 3.64. The Morgan fingerprint density at radius 2 is 1.67 bits per heavy atom. The zero-order chi connectivity index (χ0) is 14.7. The van der Waals surface area contributed by atoms with Crippen LogP contribution in [0, 0.1) is 0 Å². The second kappa shape index (κ2) is 5.96. The third-order valence-corrected chi connectivity index (χ3v) is 3.89. The minimum Gasteiger partial charge on any atom is -0.287 e. The van der Waals surface area contributed by atoms with Crippen molar-refractivity contribution in [3.63, 3.8) is 0 Å². The Bertz CT molecular complexity index is 756. The van der Waals surface area contributed by atoms with Crippen LogP contribution in [0.5, 0.6) is 0 Å². The van der Waals surface area contributed by atoms with Crippen molar-refractivity contribution in [1.82, 2.24) is 4.57 Å². The highest BCUT2D eigenvalue weighted by atomic mass is 16.1. The van der Waals surface area contributed by atoms with Crippen LogP contribution in [0.25, 0.3) is 10.9 Å². The van der Waals surface area contributed by atoms with Crippen LogP contribution in [0.3, 0.4) is 0 Å². The molecule has 21 heavy (non-hydrogen) atoms. The Kier molecular flexibility index (Phi) is 3.87. The summed E-state index contributed by atoms with van der Waals surface area (Å²) in [5, 5.41) is 1.20. The summed E-state index contributed by atoms with van der Waals surface area (Å²) >= 11 is 0. The fraction of sp³-hybridized carbons (Fsp3) is 0.211. The Morgan fingerprint density at radius 3 is 2.43 bits per heavy atom. The standard InChI is InChI=1S/C19H19NO/c1-15(21)20-14-17(18-12-5-6-13-19(18)20)11-7-10-16-8-3-2-4-9-16/h2-6,8-9,12-14H,7,10-11H2,1H3. The third kappa shape index (κ3) is 2.89. The van der Waals surface area contributed by atoms with Crippen molar-refractivity contribution in [2.75, 3.05) is 0 Å². The number of nitrogens with zero attached hydrogens (tertiary/aromatic N) is 1. The number of carbonyl (C=O) groups is 1. The molecule has 0 aliphatic rings. The number of carbonyl (C=O) groups excluding carboxylic acids is 1. The van der Waals surface area contributed by atoms with E-state index in [9.17, 15) is 4.79 Å². The molecule has 0 N–H and O–H groups in total. The second-order valence-corrected chi connectivity index (χ2v) is 5.40. The van der Waals surface area contributed by atoms with E-state index in [2.05, 4.69) is 30.3 Å². The van der Waals surface area contributed by atoms with Gasteiger partial charge in [-0.2, -0.15) is 0 Å². The lowest BCUT2D eigenvalue weighted by molar-refractivity contribution is 0.0941. The Hall–Kier alpha value is -2.35. The zero-order valence-electron chi connectivity index (χ0n) is 12.3. The molecule has 0 fully saturated rings. The molecule has 0 saturated heterocycles. The first-order chi connectivity index (χ1) is 10.3. The van der Waals surface area contributed by atoms with Crippen LogP contribution in [0.1, 0.15) is 29.3 Å². The lowest BCUT2D eigenvalue weighted by atomic mass is 10.0. The van der Waals surface area contributed by atoms with E-state index < -0.39 is 0 Å². The molecule has 0 unspecified atom stereocenters. The molecule has 0 radical (unpaired) electrons. The number of benzene rings is 2. The molecule has 0 saturated carbocycles. The normalized spacial score (nSPS) is 10.9. The topological polar surface area (TPSA) is 22.0 Å². The van der Waals surface area contributed by atoms with Crippen molar-refractivity contribution in [2.45, 2.75) is 26.2 Å². The van der Waals surface area contributed by atoms with Crippen molar-refractivity contribution in [1.29, 1.82) is 0 Å². The second-order valence-electron chi connectivity index (χ2n) is 5.40. The summed E-state index contributed by atoms with van der Waals surface area (Å²) in [6.45, 7) is 1.61. The average molecular weight is 277 g/mol. The minimum absolute atomic E-state index is 0.0699. The first-order valence-corrected chi connectivity index (χ1v) is 7.39. The van der Waals surface area contributed by atoms with Gasteiger partial charge in [-0.05, 0) is 36.5 Å². The van der Waals surface area contributed by atoms with Gasteiger partial charge in [0.2, 0.25) is 5.91 Å². The first kappa shape index (κ1) is 13.6. The van der Waals surface area contributed by atoms with E-state index in [1.54, 1.807) is 11.5 Å². The summed E-state index contributed by atoms with van der Waals surface area (Å²) in [5.74, 6) is 0.0699. The number of aryl methyl sites for hydroxylation is 2. The maximum absolute atomic E-state index is 11.7. The molecule has 0 amide bonds. The van der Waals surface area contributed by atoms with E-state index >= 15 is 0 Å². The lowest BCUT2D eigenvalue weighted by Crippen LogP contribution is -2.02. The fourth-order valence-electron chi connectivity index (χ4n) is 2.84. The highest BCUT2D eigenvalue weighted by Gasteiger charge is 2.10. The molecule has 2 aromatic carbocycles. The largest absolute Gasteiger partial charge is 0.287 e. The predicted octanol–water partition coefficient (Wildman–Crippen LogP) is 4.48. The summed E-state index contributed by atoms with van der Waals surface area (Å²) < 4.78 is 1.76. The van der Waals surface area contributed by atoms with E-state index in [4.69, 9.17) is 0 Å². The van der Waals surface area contributed by atoms with Crippen LogP contribution < -0.4 is 0 Å². The maximum Gasteiger partial charge on any atom is 0.227 e. The van der Waals surface area contributed by atoms with E-state index in [1.165, 1.54) is 16.5 Å². The number of aromatic nitrogens is 1. The van der Waals surface area contributed by atoms with Gasteiger partial charge in [0.1, 0.15) is 0 Å². The monoisotopic (exact) mass is 277 g/mol. The summed E-state index contributed by atoms with van der Waals surface area (Å²) in [6, 6.07) is 18.7. The summed E-state index contributed by atoms with van der Waals surface area (Å²) in [7, 11) is 0. The van der Waals surface area contributed by atoms with Gasteiger partial charge in [-0.25, -0.2) is 0 Å². The van der Waals surface area contributed by atoms with Crippen molar-refractivity contribution >= 4 is 16.8 Å². The molecule has 0 bridgehead atoms. The molecule has 106 valence electrons. The zero-order valence-corrected chi connectivity index (χ0v) is 12.3. The van der Waals surface area contributed by atoms with Gasteiger partial charge in [-0.3, -0.25) is 9.36 Å². The van der Waals surface area contributed by atoms with Gasteiger partial charge in [-0.1, -0.05) is 48.5 Å². The molecule has 2 nitrogen and oxygen atoms in total. The molecule has 2 heteroatoms. The van der Waals surface area contributed by atoms with Gasteiger partial charge in [0.15, 0.2) is 0 Å². The van der Waals surface area contributed by atoms with E-state index in [1.807, 2.05) is 30.5 Å². The van der Waals surface area contributed by atoms with E-state index in [-0.39, 0.29) is 5.91 Å². The molecule has 0 atom stereocenters. The van der Waals surface area contributed by atoms with Crippen LogP contribution in [-0.2, 0) is 12.8 Å². The van der Waals surface area contributed by atoms with Crippen LogP contribution in [0.15, 0.2) is 60.8 Å². The van der Waals surface area contributed by atoms with Gasteiger partial charge >= 0.3 is 0 Å². The number of rotatable bonds is 4. The SMILES string of the molecule is CC(=O)n1cc(CCCc2ccccc2)c2ccccc21. The Labute approximate surface area is 125 Å². The molecular formula is C19H19NO. The lowest BCUT2D eigenvalue weighted by Gasteiger charge is -2.01. The van der Waals surface area contributed by atoms with Crippen molar-refractivity contribution in [3.8, 4) is 0 Å². The first-order valence-electron chi connectivity index (χ1n) is 7.39. The van der Waals surface area contributed by atoms with Gasteiger partial charge in [0.05, 0.1) is 5.52 Å².